The Morgan fingerprint density at radius 2 is 2.10 bits per heavy atom. The third-order valence-electron chi connectivity index (χ3n) is 3.98. The molecule has 20 heavy (non-hydrogen) atoms. The lowest BCUT2D eigenvalue weighted by atomic mass is 9.87. The Morgan fingerprint density at radius 3 is 2.75 bits per heavy atom. The van der Waals surface area contributed by atoms with Gasteiger partial charge >= 0.3 is 0 Å². The van der Waals surface area contributed by atoms with Gasteiger partial charge in [0.05, 0.1) is 13.2 Å². The van der Waals surface area contributed by atoms with E-state index in [1.807, 2.05) is 24.3 Å². The van der Waals surface area contributed by atoms with E-state index in [4.69, 9.17) is 4.74 Å². The summed E-state index contributed by atoms with van der Waals surface area (Å²) in [7, 11) is 1.64. The highest BCUT2D eigenvalue weighted by atomic mass is 16.5. The summed E-state index contributed by atoms with van der Waals surface area (Å²) in [5.41, 5.74) is 0.272. The van der Waals surface area contributed by atoms with Crippen molar-refractivity contribution >= 4 is 5.91 Å². The summed E-state index contributed by atoms with van der Waals surface area (Å²) in [6, 6.07) is 9.98. The van der Waals surface area contributed by atoms with Crippen molar-refractivity contribution < 1.29 is 9.53 Å². The van der Waals surface area contributed by atoms with E-state index in [9.17, 15) is 10.1 Å². The molecule has 0 aliphatic heterocycles. The number of rotatable bonds is 5. The van der Waals surface area contributed by atoms with Crippen LogP contribution in [0, 0.1) is 16.7 Å². The summed E-state index contributed by atoms with van der Waals surface area (Å²) in [5, 5.41) is 12.2. The number of hydrogen-bond donors (Lipinski definition) is 1. The highest BCUT2D eigenvalue weighted by molar-refractivity contribution is 5.85. The first-order chi connectivity index (χ1) is 9.72. The highest BCUT2D eigenvalue weighted by Gasteiger charge is 2.41. The lowest BCUT2D eigenvalue weighted by Gasteiger charge is -2.19. The van der Waals surface area contributed by atoms with E-state index in [1.54, 1.807) is 7.11 Å². The Bertz CT molecular complexity index is 513. The molecule has 0 heterocycles. The first kappa shape index (κ1) is 14.4. The van der Waals surface area contributed by atoms with Gasteiger partial charge in [0.1, 0.15) is 11.2 Å². The summed E-state index contributed by atoms with van der Waals surface area (Å²) >= 11 is 0. The number of nitrogens with one attached hydrogen (secondary N) is 1. The molecule has 0 unspecified atom stereocenters. The van der Waals surface area contributed by atoms with Crippen molar-refractivity contribution in [3.05, 3.63) is 29.8 Å². The van der Waals surface area contributed by atoms with Crippen molar-refractivity contribution in [1.29, 1.82) is 5.26 Å². The molecular formula is C16H20N2O2. The summed E-state index contributed by atoms with van der Waals surface area (Å²) in [6.07, 6.45) is 4.01. The third-order valence-corrected chi connectivity index (χ3v) is 3.98. The van der Waals surface area contributed by atoms with Crippen molar-refractivity contribution in [2.75, 3.05) is 13.7 Å². The smallest absolute Gasteiger partial charge is 0.240 e. The van der Waals surface area contributed by atoms with E-state index in [2.05, 4.69) is 11.4 Å². The standard InChI is InChI=1S/C16H20N2O2/c1-20-14-7-3-2-6-13(14)8-11-18-15(19)16(12-17)9-4-5-10-16/h2-3,6-7H,4-5,8-11H2,1H3,(H,18,19). The topological polar surface area (TPSA) is 62.1 Å². The van der Waals surface area contributed by atoms with Crippen LogP contribution in [-0.4, -0.2) is 19.6 Å². The molecule has 0 spiro atoms. The Kier molecular flexibility index (Phi) is 4.62. The number of carbonyl (C=O) groups is 1. The van der Waals surface area contributed by atoms with Crippen molar-refractivity contribution in [3.8, 4) is 11.8 Å². The van der Waals surface area contributed by atoms with Gasteiger partial charge in [-0.15, -0.1) is 0 Å². The van der Waals surface area contributed by atoms with Crippen LogP contribution in [-0.2, 0) is 11.2 Å². The van der Waals surface area contributed by atoms with Gasteiger partial charge < -0.3 is 10.1 Å². The number of nitriles is 1. The maximum atomic E-state index is 12.2. The molecule has 1 fully saturated rings. The van der Waals surface area contributed by atoms with Crippen molar-refractivity contribution in [3.63, 3.8) is 0 Å². The van der Waals surface area contributed by atoms with Gasteiger partial charge in [0, 0.05) is 6.54 Å². The third kappa shape index (κ3) is 2.93. The Morgan fingerprint density at radius 1 is 1.40 bits per heavy atom. The average molecular weight is 272 g/mol. The lowest BCUT2D eigenvalue weighted by molar-refractivity contribution is -0.127. The van der Waals surface area contributed by atoms with E-state index in [-0.39, 0.29) is 5.91 Å². The van der Waals surface area contributed by atoms with Crippen LogP contribution in [0.1, 0.15) is 31.2 Å². The van der Waals surface area contributed by atoms with Crippen LogP contribution in [0.5, 0.6) is 5.75 Å². The second-order valence-electron chi connectivity index (χ2n) is 5.22. The zero-order valence-electron chi connectivity index (χ0n) is 11.8. The predicted octanol–water partition coefficient (Wildman–Crippen LogP) is 2.44. The van der Waals surface area contributed by atoms with Crippen LogP contribution in [0.15, 0.2) is 24.3 Å². The first-order valence-corrected chi connectivity index (χ1v) is 7.03. The molecule has 4 heteroatoms. The molecular weight excluding hydrogens is 252 g/mol. The lowest BCUT2D eigenvalue weighted by Crippen LogP contribution is -2.39. The van der Waals surface area contributed by atoms with Gasteiger partial charge in [-0.25, -0.2) is 0 Å². The minimum atomic E-state index is -0.791. The average Bonchev–Trinajstić information content (AvgIpc) is 2.98. The molecule has 1 aromatic rings. The number of amides is 1. The van der Waals surface area contributed by atoms with Crippen LogP contribution in [0.3, 0.4) is 0 Å². The fourth-order valence-corrected chi connectivity index (χ4v) is 2.76. The van der Waals surface area contributed by atoms with Crippen LogP contribution >= 0.6 is 0 Å². The fourth-order valence-electron chi connectivity index (χ4n) is 2.76. The summed E-state index contributed by atoms with van der Waals surface area (Å²) in [4.78, 5) is 12.2. The molecule has 1 saturated carbocycles. The van der Waals surface area contributed by atoms with Gasteiger partial charge in [-0.05, 0) is 30.9 Å². The molecule has 1 aliphatic rings. The molecule has 0 aromatic heterocycles. The van der Waals surface area contributed by atoms with Crippen LogP contribution in [0.2, 0.25) is 0 Å². The molecule has 106 valence electrons. The van der Waals surface area contributed by atoms with Gasteiger partial charge in [-0.3, -0.25) is 4.79 Å². The molecule has 2 rings (SSSR count). The predicted molar refractivity (Wildman–Crippen MR) is 76.2 cm³/mol. The van der Waals surface area contributed by atoms with Gasteiger partial charge in [0.25, 0.3) is 0 Å². The Balaban J connectivity index is 1.90. The molecule has 1 aromatic carbocycles. The van der Waals surface area contributed by atoms with Crippen LogP contribution < -0.4 is 10.1 Å². The number of methoxy groups -OCH3 is 1. The van der Waals surface area contributed by atoms with E-state index in [0.717, 1.165) is 24.2 Å². The zero-order valence-corrected chi connectivity index (χ0v) is 11.8. The van der Waals surface area contributed by atoms with E-state index in [1.165, 1.54) is 0 Å². The zero-order chi connectivity index (χ0) is 14.4. The second kappa shape index (κ2) is 6.42. The molecule has 1 N–H and O–H groups in total. The molecule has 4 nitrogen and oxygen atoms in total. The molecule has 1 amide bonds. The van der Waals surface area contributed by atoms with Crippen LogP contribution in [0.4, 0.5) is 0 Å². The van der Waals surface area contributed by atoms with Gasteiger partial charge in [-0.1, -0.05) is 31.0 Å². The van der Waals surface area contributed by atoms with E-state index in [0.29, 0.717) is 25.8 Å². The number of hydrogen-bond acceptors (Lipinski definition) is 3. The largest absolute Gasteiger partial charge is 0.496 e. The number of para-hydroxylation sites is 1. The van der Waals surface area contributed by atoms with Crippen molar-refractivity contribution in [1.82, 2.24) is 5.32 Å². The molecule has 1 aliphatic carbocycles. The number of ether oxygens (including phenoxy) is 1. The normalized spacial score (nSPS) is 16.4. The maximum Gasteiger partial charge on any atom is 0.240 e. The Labute approximate surface area is 119 Å². The number of nitrogens with zero attached hydrogens (tertiary/aromatic N) is 1. The second-order valence-corrected chi connectivity index (χ2v) is 5.22. The monoisotopic (exact) mass is 272 g/mol. The van der Waals surface area contributed by atoms with Crippen molar-refractivity contribution in [2.24, 2.45) is 5.41 Å². The van der Waals surface area contributed by atoms with E-state index < -0.39 is 5.41 Å². The number of benzene rings is 1. The van der Waals surface area contributed by atoms with Gasteiger partial charge in [-0.2, -0.15) is 5.26 Å². The highest BCUT2D eigenvalue weighted by Crippen LogP contribution is 2.37. The maximum absolute atomic E-state index is 12.2. The van der Waals surface area contributed by atoms with Crippen LogP contribution in [0.25, 0.3) is 0 Å². The van der Waals surface area contributed by atoms with Gasteiger partial charge in [0.15, 0.2) is 0 Å². The first-order valence-electron chi connectivity index (χ1n) is 7.03. The minimum Gasteiger partial charge on any atom is -0.496 e. The fraction of sp³-hybridized carbons (Fsp3) is 0.500. The SMILES string of the molecule is COc1ccccc1CCNC(=O)C1(C#N)CCCC1. The summed E-state index contributed by atoms with van der Waals surface area (Å²) < 4.78 is 5.28. The molecule has 0 radical (unpaired) electrons. The van der Waals surface area contributed by atoms with E-state index >= 15 is 0 Å². The molecule has 0 bridgehead atoms. The number of carbonyl (C=O) groups excluding carboxylic acids is 1. The Hall–Kier alpha value is -2.02. The van der Waals surface area contributed by atoms with Gasteiger partial charge in [0.2, 0.25) is 5.91 Å². The van der Waals surface area contributed by atoms with Crippen molar-refractivity contribution in [2.45, 2.75) is 32.1 Å². The molecule has 0 saturated heterocycles. The summed E-state index contributed by atoms with van der Waals surface area (Å²) in [5.74, 6) is 0.713. The summed E-state index contributed by atoms with van der Waals surface area (Å²) in [6.45, 7) is 0.530. The molecule has 0 atom stereocenters. The quantitative estimate of drug-likeness (QED) is 0.895. The minimum absolute atomic E-state index is 0.118.